The molecular formula is C26H24OSn. The zero-order valence-corrected chi connectivity index (χ0v) is 18.9. The molecule has 0 atom stereocenters. The minimum absolute atomic E-state index is 0.626. The normalized spacial score (nSPS) is 11.3. The van der Waals surface area contributed by atoms with Gasteiger partial charge in [0.15, 0.2) is 0 Å². The van der Waals surface area contributed by atoms with Crippen LogP contribution in [0.2, 0.25) is 0 Å². The number of benzene rings is 4. The van der Waals surface area contributed by atoms with Crippen molar-refractivity contribution in [2.24, 2.45) is 0 Å². The Morgan fingerprint density at radius 3 is 1.36 bits per heavy atom. The molecule has 0 amide bonds. The predicted octanol–water partition coefficient (Wildman–Crippen LogP) is 3.21. The van der Waals surface area contributed by atoms with E-state index in [0.717, 1.165) is 0 Å². The van der Waals surface area contributed by atoms with Gasteiger partial charge < -0.3 is 0 Å². The molecule has 4 rings (SSSR count). The number of methoxy groups -OCH3 is 1. The first kappa shape index (κ1) is 19.0. The number of hydrogen-bond donors (Lipinski definition) is 0. The molecule has 0 aliphatic heterocycles. The van der Waals surface area contributed by atoms with E-state index < -0.39 is 18.4 Å². The van der Waals surface area contributed by atoms with Gasteiger partial charge in [0.2, 0.25) is 0 Å². The molecule has 2 heteroatoms. The Balaban J connectivity index is 2.14. The van der Waals surface area contributed by atoms with Crippen LogP contribution in [0.15, 0.2) is 115 Å². The molecule has 0 saturated carbocycles. The van der Waals surface area contributed by atoms with Gasteiger partial charge in [0.25, 0.3) is 0 Å². The van der Waals surface area contributed by atoms with E-state index in [1.54, 1.807) is 7.11 Å². The van der Waals surface area contributed by atoms with Crippen LogP contribution >= 0.6 is 0 Å². The number of ether oxygens (including phenoxy) is 1. The van der Waals surface area contributed by atoms with Crippen LogP contribution in [0.4, 0.5) is 0 Å². The molecule has 28 heavy (non-hydrogen) atoms. The Bertz CT molecular complexity index is 917. The molecule has 138 valence electrons. The molecule has 0 bridgehead atoms. The topological polar surface area (TPSA) is 9.23 Å². The molecular weight excluding hydrogens is 447 g/mol. The van der Waals surface area contributed by atoms with Gasteiger partial charge in [0.05, 0.1) is 0 Å². The summed E-state index contributed by atoms with van der Waals surface area (Å²) in [5.74, 6) is 0. The molecule has 0 N–H and O–H groups in total. The average molecular weight is 471 g/mol. The molecule has 0 unspecified atom stereocenters. The molecule has 0 spiro atoms. The third kappa shape index (κ3) is 3.41. The third-order valence-corrected chi connectivity index (χ3v) is 19.3. The van der Waals surface area contributed by atoms with Crippen LogP contribution in [0.3, 0.4) is 0 Å². The van der Waals surface area contributed by atoms with Gasteiger partial charge in [0, 0.05) is 0 Å². The molecule has 0 aromatic heterocycles. The van der Waals surface area contributed by atoms with Crippen LogP contribution < -0.4 is 14.3 Å². The van der Waals surface area contributed by atoms with Crippen molar-refractivity contribution in [2.45, 2.75) is 6.61 Å². The fourth-order valence-corrected chi connectivity index (χ4v) is 18.5. The SMILES string of the molecule is COCc1cccc[c]1[Sn]([c]1ccccc1)([c]1ccccc1)[c]1ccccc1. The summed E-state index contributed by atoms with van der Waals surface area (Å²) < 4.78 is 11.4. The van der Waals surface area contributed by atoms with Crippen molar-refractivity contribution in [3.8, 4) is 0 Å². The van der Waals surface area contributed by atoms with E-state index in [0.29, 0.717) is 6.61 Å². The predicted molar refractivity (Wildman–Crippen MR) is 121 cm³/mol. The van der Waals surface area contributed by atoms with E-state index in [9.17, 15) is 0 Å². The Hall–Kier alpha value is -2.36. The van der Waals surface area contributed by atoms with Gasteiger partial charge in [-0.1, -0.05) is 0 Å². The van der Waals surface area contributed by atoms with Crippen LogP contribution in [-0.2, 0) is 11.3 Å². The van der Waals surface area contributed by atoms with Crippen molar-refractivity contribution in [3.05, 3.63) is 121 Å². The summed E-state index contributed by atoms with van der Waals surface area (Å²) in [6.45, 7) is 0.626. The monoisotopic (exact) mass is 472 g/mol. The Morgan fingerprint density at radius 2 is 0.929 bits per heavy atom. The summed E-state index contributed by atoms with van der Waals surface area (Å²) in [6, 6.07) is 42.1. The van der Waals surface area contributed by atoms with Crippen molar-refractivity contribution in [1.29, 1.82) is 0 Å². The summed E-state index contributed by atoms with van der Waals surface area (Å²) in [5.41, 5.74) is 1.29. The molecule has 0 radical (unpaired) electrons. The molecule has 1 nitrogen and oxygen atoms in total. The van der Waals surface area contributed by atoms with Crippen LogP contribution in [0.25, 0.3) is 0 Å². The zero-order valence-electron chi connectivity index (χ0n) is 16.1. The second-order valence-electron chi connectivity index (χ2n) is 6.94. The van der Waals surface area contributed by atoms with E-state index in [1.165, 1.54) is 19.9 Å². The zero-order chi connectivity index (χ0) is 19.2. The van der Waals surface area contributed by atoms with Crippen LogP contribution in [-0.4, -0.2) is 25.5 Å². The summed E-state index contributed by atoms with van der Waals surface area (Å²) in [6.07, 6.45) is 0. The standard InChI is InChI=1S/C8H9O.3C6H5.Sn/c1-9-7-8-5-3-2-4-6-8;3*1-2-4-6-5-3-1;/h2-5H,7H2,1H3;3*1-5H;. The maximum atomic E-state index is 5.60. The van der Waals surface area contributed by atoms with E-state index in [2.05, 4.69) is 115 Å². The van der Waals surface area contributed by atoms with Crippen molar-refractivity contribution in [2.75, 3.05) is 7.11 Å². The second-order valence-corrected chi connectivity index (χ2v) is 17.7. The molecule has 0 saturated heterocycles. The third-order valence-electron chi connectivity index (χ3n) is 5.34. The molecule has 0 heterocycles. The Kier molecular flexibility index (Phi) is 5.94. The Morgan fingerprint density at radius 1 is 0.536 bits per heavy atom. The van der Waals surface area contributed by atoms with Gasteiger partial charge in [-0.3, -0.25) is 0 Å². The van der Waals surface area contributed by atoms with E-state index in [4.69, 9.17) is 4.74 Å². The van der Waals surface area contributed by atoms with Gasteiger partial charge in [0.1, 0.15) is 0 Å². The fourth-order valence-electron chi connectivity index (χ4n) is 4.20. The van der Waals surface area contributed by atoms with Crippen LogP contribution in [0, 0.1) is 0 Å². The van der Waals surface area contributed by atoms with Gasteiger partial charge in [-0.05, 0) is 0 Å². The van der Waals surface area contributed by atoms with Crippen molar-refractivity contribution in [1.82, 2.24) is 0 Å². The molecule has 4 aromatic rings. The summed E-state index contributed by atoms with van der Waals surface area (Å²) >= 11 is -3.51. The van der Waals surface area contributed by atoms with Gasteiger partial charge in [-0.2, -0.15) is 0 Å². The van der Waals surface area contributed by atoms with Crippen molar-refractivity contribution < 1.29 is 4.74 Å². The fraction of sp³-hybridized carbons (Fsp3) is 0.0769. The molecule has 0 fully saturated rings. The first-order chi connectivity index (χ1) is 13.9. The minimum atomic E-state index is -3.51. The van der Waals surface area contributed by atoms with Crippen LogP contribution in [0.1, 0.15) is 5.56 Å². The summed E-state index contributed by atoms with van der Waals surface area (Å²) in [4.78, 5) is 0. The van der Waals surface area contributed by atoms with Gasteiger partial charge in [-0.25, -0.2) is 0 Å². The van der Waals surface area contributed by atoms with E-state index >= 15 is 0 Å². The summed E-state index contributed by atoms with van der Waals surface area (Å²) in [7, 11) is 1.78. The van der Waals surface area contributed by atoms with E-state index in [-0.39, 0.29) is 0 Å². The van der Waals surface area contributed by atoms with E-state index in [1.807, 2.05) is 0 Å². The molecule has 0 aliphatic carbocycles. The van der Waals surface area contributed by atoms with Crippen LogP contribution in [0.5, 0.6) is 0 Å². The number of hydrogen-bond acceptors (Lipinski definition) is 1. The van der Waals surface area contributed by atoms with Crippen molar-refractivity contribution >= 4 is 32.7 Å². The van der Waals surface area contributed by atoms with Gasteiger partial charge in [-0.15, -0.1) is 0 Å². The average Bonchev–Trinajstić information content (AvgIpc) is 2.78. The van der Waals surface area contributed by atoms with Gasteiger partial charge >= 0.3 is 172 Å². The second kappa shape index (κ2) is 8.76. The first-order valence-corrected chi connectivity index (χ1v) is 15.3. The first-order valence-electron chi connectivity index (χ1n) is 9.61. The Labute approximate surface area is 171 Å². The summed E-state index contributed by atoms with van der Waals surface area (Å²) in [5, 5.41) is 0. The number of rotatable bonds is 6. The quantitative estimate of drug-likeness (QED) is 0.393. The molecule has 4 aromatic carbocycles. The molecule has 0 aliphatic rings. The maximum absolute atomic E-state index is 5.60. The van der Waals surface area contributed by atoms with Crippen molar-refractivity contribution in [3.63, 3.8) is 0 Å².